The molecular weight excluding hydrogens is 262 g/mol. The Morgan fingerprint density at radius 2 is 2.11 bits per heavy atom. The van der Waals surface area contributed by atoms with Gasteiger partial charge in [-0.1, -0.05) is 6.07 Å². The first-order valence-corrected chi connectivity index (χ1v) is 7.77. The van der Waals surface area contributed by atoms with E-state index in [2.05, 4.69) is 10.4 Å². The monoisotopic (exact) mass is 279 g/mol. The number of hydrogen-bond acceptors (Lipinski definition) is 4. The zero-order valence-corrected chi connectivity index (χ0v) is 12.0. The molecule has 0 atom stereocenters. The third-order valence-corrected chi connectivity index (χ3v) is 3.99. The van der Waals surface area contributed by atoms with Crippen molar-refractivity contribution >= 4 is 15.5 Å². The Kier molecular flexibility index (Phi) is 3.61. The molecule has 0 bridgehead atoms. The first kappa shape index (κ1) is 13.6. The van der Waals surface area contributed by atoms with Gasteiger partial charge in [0.1, 0.15) is 0 Å². The minimum atomic E-state index is -3.18. The molecule has 2 rings (SSSR count). The first-order valence-electron chi connectivity index (χ1n) is 5.88. The van der Waals surface area contributed by atoms with E-state index in [1.807, 2.05) is 26.2 Å². The van der Waals surface area contributed by atoms with Crippen LogP contribution >= 0.6 is 0 Å². The minimum absolute atomic E-state index is 0.326. The number of benzene rings is 1. The number of rotatable bonds is 4. The fourth-order valence-electron chi connectivity index (χ4n) is 1.78. The Morgan fingerprint density at radius 1 is 1.37 bits per heavy atom. The van der Waals surface area contributed by atoms with Gasteiger partial charge in [-0.15, -0.1) is 0 Å². The topological polar surface area (TPSA) is 64.0 Å². The number of nitrogens with zero attached hydrogens (tertiary/aromatic N) is 2. The summed E-state index contributed by atoms with van der Waals surface area (Å²) in [5.41, 5.74) is 2.88. The quantitative estimate of drug-likeness (QED) is 0.926. The molecule has 0 saturated heterocycles. The maximum atomic E-state index is 11.5. The molecule has 2 aromatic rings. The molecule has 0 radical (unpaired) electrons. The second-order valence-corrected chi connectivity index (χ2v) is 6.64. The molecule has 19 heavy (non-hydrogen) atoms. The number of sulfone groups is 1. The second-order valence-electron chi connectivity index (χ2n) is 4.62. The molecule has 5 nitrogen and oxygen atoms in total. The highest BCUT2D eigenvalue weighted by Gasteiger charge is 2.09. The van der Waals surface area contributed by atoms with Crippen LogP contribution in [0.1, 0.15) is 11.1 Å². The van der Waals surface area contributed by atoms with Gasteiger partial charge in [0.15, 0.2) is 9.84 Å². The first-order chi connectivity index (χ1) is 8.86. The largest absolute Gasteiger partial charge is 0.381 e. The lowest BCUT2D eigenvalue weighted by Gasteiger charge is -2.10. The molecular formula is C13H17N3O2S. The van der Waals surface area contributed by atoms with Crippen molar-refractivity contribution in [3.63, 3.8) is 0 Å². The summed E-state index contributed by atoms with van der Waals surface area (Å²) in [5, 5.41) is 7.33. The molecule has 0 aliphatic heterocycles. The van der Waals surface area contributed by atoms with E-state index < -0.39 is 9.84 Å². The summed E-state index contributed by atoms with van der Waals surface area (Å²) >= 11 is 0. The highest BCUT2D eigenvalue weighted by Crippen LogP contribution is 2.20. The number of aryl methyl sites for hydroxylation is 2. The van der Waals surface area contributed by atoms with E-state index in [1.54, 1.807) is 23.0 Å². The van der Waals surface area contributed by atoms with Crippen molar-refractivity contribution in [3.8, 4) is 0 Å². The Balaban J connectivity index is 2.20. The Bertz CT molecular complexity index is 690. The molecule has 6 heteroatoms. The Morgan fingerprint density at radius 3 is 2.68 bits per heavy atom. The number of anilines is 1. The van der Waals surface area contributed by atoms with Gasteiger partial charge in [-0.2, -0.15) is 5.10 Å². The molecule has 0 spiro atoms. The van der Waals surface area contributed by atoms with Crippen LogP contribution in [0.3, 0.4) is 0 Å². The standard InChI is InChI=1S/C13H17N3O2S/c1-10-4-5-12(19(3,17)18)6-13(10)14-7-11-8-15-16(2)9-11/h4-6,8-9,14H,7H2,1-3H3. The zero-order chi connectivity index (χ0) is 14.0. The fraction of sp³-hybridized carbons (Fsp3) is 0.308. The molecule has 102 valence electrons. The lowest BCUT2D eigenvalue weighted by atomic mass is 10.2. The third kappa shape index (κ3) is 3.35. The van der Waals surface area contributed by atoms with Crippen LogP contribution in [0.15, 0.2) is 35.5 Å². The van der Waals surface area contributed by atoms with E-state index in [0.29, 0.717) is 11.4 Å². The van der Waals surface area contributed by atoms with E-state index in [4.69, 9.17) is 0 Å². The maximum absolute atomic E-state index is 11.5. The Hall–Kier alpha value is -1.82. The normalized spacial score (nSPS) is 11.5. The zero-order valence-electron chi connectivity index (χ0n) is 11.2. The third-order valence-electron chi connectivity index (χ3n) is 2.88. The van der Waals surface area contributed by atoms with Crippen molar-refractivity contribution < 1.29 is 8.42 Å². The van der Waals surface area contributed by atoms with Gasteiger partial charge in [0.25, 0.3) is 0 Å². The second kappa shape index (κ2) is 5.05. The highest BCUT2D eigenvalue weighted by atomic mass is 32.2. The van der Waals surface area contributed by atoms with Gasteiger partial charge < -0.3 is 5.32 Å². The van der Waals surface area contributed by atoms with Gasteiger partial charge in [0, 0.05) is 37.3 Å². The van der Waals surface area contributed by atoms with E-state index in [1.165, 1.54) is 6.26 Å². The van der Waals surface area contributed by atoms with Crippen molar-refractivity contribution in [2.24, 2.45) is 7.05 Å². The predicted octanol–water partition coefficient (Wildman–Crippen LogP) is 1.74. The number of nitrogens with one attached hydrogen (secondary N) is 1. The van der Waals surface area contributed by atoms with Crippen molar-refractivity contribution in [1.29, 1.82) is 0 Å². The molecule has 1 aromatic carbocycles. The smallest absolute Gasteiger partial charge is 0.175 e. The fourth-order valence-corrected chi connectivity index (χ4v) is 2.43. The summed E-state index contributed by atoms with van der Waals surface area (Å²) in [6.07, 6.45) is 4.91. The Labute approximate surface area is 113 Å². The lowest BCUT2D eigenvalue weighted by Crippen LogP contribution is -2.03. The minimum Gasteiger partial charge on any atom is -0.381 e. The summed E-state index contributed by atoms with van der Waals surface area (Å²) in [5.74, 6) is 0. The van der Waals surface area contributed by atoms with E-state index in [-0.39, 0.29) is 0 Å². The van der Waals surface area contributed by atoms with E-state index in [9.17, 15) is 8.42 Å². The molecule has 0 unspecified atom stereocenters. The van der Waals surface area contributed by atoms with Gasteiger partial charge in [-0.25, -0.2) is 8.42 Å². The van der Waals surface area contributed by atoms with Crippen LogP contribution < -0.4 is 5.32 Å². The molecule has 1 N–H and O–H groups in total. The van der Waals surface area contributed by atoms with Crippen molar-refractivity contribution in [2.45, 2.75) is 18.4 Å². The molecule has 1 aromatic heterocycles. The molecule has 0 aliphatic rings. The molecule has 0 saturated carbocycles. The molecule has 1 heterocycles. The molecule has 0 aliphatic carbocycles. The summed E-state index contributed by atoms with van der Waals surface area (Å²) in [4.78, 5) is 0.326. The lowest BCUT2D eigenvalue weighted by molar-refractivity contribution is 0.602. The van der Waals surface area contributed by atoms with Crippen LogP contribution in [0.2, 0.25) is 0 Å². The van der Waals surface area contributed by atoms with Crippen LogP contribution in [-0.4, -0.2) is 24.5 Å². The number of hydrogen-bond donors (Lipinski definition) is 1. The average molecular weight is 279 g/mol. The summed E-state index contributed by atoms with van der Waals surface area (Å²) < 4.78 is 24.8. The van der Waals surface area contributed by atoms with Crippen LogP contribution in [0.5, 0.6) is 0 Å². The van der Waals surface area contributed by atoms with Crippen LogP contribution in [-0.2, 0) is 23.4 Å². The summed E-state index contributed by atoms with van der Waals surface area (Å²) in [6, 6.07) is 5.10. The summed E-state index contributed by atoms with van der Waals surface area (Å²) in [7, 11) is -1.32. The SMILES string of the molecule is Cc1ccc(S(C)(=O)=O)cc1NCc1cnn(C)c1. The van der Waals surface area contributed by atoms with Gasteiger partial charge in [-0.05, 0) is 24.6 Å². The van der Waals surface area contributed by atoms with Crippen molar-refractivity contribution in [1.82, 2.24) is 9.78 Å². The maximum Gasteiger partial charge on any atom is 0.175 e. The van der Waals surface area contributed by atoms with E-state index >= 15 is 0 Å². The van der Waals surface area contributed by atoms with Crippen LogP contribution in [0.25, 0.3) is 0 Å². The number of aromatic nitrogens is 2. The highest BCUT2D eigenvalue weighted by molar-refractivity contribution is 7.90. The van der Waals surface area contributed by atoms with E-state index in [0.717, 1.165) is 16.8 Å². The van der Waals surface area contributed by atoms with Crippen LogP contribution in [0, 0.1) is 6.92 Å². The van der Waals surface area contributed by atoms with Gasteiger partial charge >= 0.3 is 0 Å². The average Bonchev–Trinajstić information content (AvgIpc) is 2.72. The summed E-state index contributed by atoms with van der Waals surface area (Å²) in [6.45, 7) is 2.56. The van der Waals surface area contributed by atoms with Gasteiger partial charge in [0.2, 0.25) is 0 Å². The molecule has 0 amide bonds. The predicted molar refractivity (Wildman–Crippen MR) is 74.8 cm³/mol. The van der Waals surface area contributed by atoms with Gasteiger partial charge in [-0.3, -0.25) is 4.68 Å². The van der Waals surface area contributed by atoms with Gasteiger partial charge in [0.05, 0.1) is 11.1 Å². The van der Waals surface area contributed by atoms with Crippen LogP contribution in [0.4, 0.5) is 5.69 Å². The van der Waals surface area contributed by atoms with Crippen molar-refractivity contribution in [2.75, 3.05) is 11.6 Å². The molecule has 0 fully saturated rings. The van der Waals surface area contributed by atoms with Crippen molar-refractivity contribution in [3.05, 3.63) is 41.7 Å².